The Bertz CT molecular complexity index is 999. The molecule has 0 aliphatic carbocycles. The van der Waals surface area contributed by atoms with E-state index >= 15 is 0 Å². The number of carbonyl (C=O) groups excluding carboxylic acids is 1. The molecule has 2 aromatic heterocycles. The van der Waals surface area contributed by atoms with Gasteiger partial charge >= 0.3 is 0 Å². The minimum absolute atomic E-state index is 0.0392. The smallest absolute Gasteiger partial charge is 0.257 e. The van der Waals surface area contributed by atoms with Crippen molar-refractivity contribution in [2.75, 3.05) is 31.9 Å². The van der Waals surface area contributed by atoms with Gasteiger partial charge in [0.2, 0.25) is 15.9 Å². The number of amides is 1. The molecule has 28 heavy (non-hydrogen) atoms. The number of fused-ring (bicyclic) bond motifs is 1. The lowest BCUT2D eigenvalue weighted by Crippen LogP contribution is -2.41. The summed E-state index contributed by atoms with van der Waals surface area (Å²) >= 11 is 0. The molecule has 2 aliphatic rings. The SMILES string of the molecule is CCn1cc(C(=O)N2C[C@H]3CN(S(=O)(=O)CC)C[C@@]3(c3nc(C)no3)C2)cn1. The highest BCUT2D eigenvalue weighted by Gasteiger charge is 2.59. The summed E-state index contributed by atoms with van der Waals surface area (Å²) in [6.45, 7) is 7.36. The van der Waals surface area contributed by atoms with Gasteiger partial charge in [-0.2, -0.15) is 10.1 Å². The summed E-state index contributed by atoms with van der Waals surface area (Å²) < 4.78 is 33.6. The Balaban J connectivity index is 1.65. The molecule has 0 radical (unpaired) electrons. The van der Waals surface area contributed by atoms with Crippen molar-refractivity contribution in [3.63, 3.8) is 0 Å². The lowest BCUT2D eigenvalue weighted by atomic mass is 9.81. The van der Waals surface area contributed by atoms with Crippen molar-refractivity contribution < 1.29 is 17.7 Å². The van der Waals surface area contributed by atoms with Gasteiger partial charge in [0, 0.05) is 44.8 Å². The molecule has 2 aliphatic heterocycles. The molecule has 4 rings (SSSR count). The molecule has 1 amide bonds. The van der Waals surface area contributed by atoms with Gasteiger partial charge in [0.1, 0.15) is 0 Å². The van der Waals surface area contributed by atoms with E-state index in [1.54, 1.807) is 35.8 Å². The monoisotopic (exact) mass is 408 g/mol. The van der Waals surface area contributed by atoms with Crippen LogP contribution in [0.15, 0.2) is 16.9 Å². The third kappa shape index (κ3) is 2.93. The number of aromatic nitrogens is 4. The molecule has 0 spiro atoms. The highest BCUT2D eigenvalue weighted by Crippen LogP contribution is 2.45. The lowest BCUT2D eigenvalue weighted by molar-refractivity contribution is 0.0773. The van der Waals surface area contributed by atoms with Crippen LogP contribution in [0, 0.1) is 12.8 Å². The average Bonchev–Trinajstić information content (AvgIpc) is 3.42. The van der Waals surface area contributed by atoms with E-state index in [0.29, 0.717) is 43.5 Å². The number of rotatable bonds is 5. The van der Waals surface area contributed by atoms with E-state index < -0.39 is 15.4 Å². The Morgan fingerprint density at radius 2 is 2.11 bits per heavy atom. The van der Waals surface area contributed by atoms with Gasteiger partial charge in [-0.3, -0.25) is 9.48 Å². The Morgan fingerprint density at radius 3 is 2.71 bits per heavy atom. The third-order valence-corrected chi connectivity index (χ3v) is 7.58. The molecule has 4 heterocycles. The van der Waals surface area contributed by atoms with Crippen molar-refractivity contribution >= 4 is 15.9 Å². The summed E-state index contributed by atoms with van der Waals surface area (Å²) in [5, 5.41) is 8.07. The molecule has 11 heteroatoms. The number of likely N-dealkylation sites (tertiary alicyclic amines) is 1. The van der Waals surface area contributed by atoms with Crippen LogP contribution in [0.2, 0.25) is 0 Å². The van der Waals surface area contributed by atoms with Crippen LogP contribution in [0.4, 0.5) is 0 Å². The fourth-order valence-electron chi connectivity index (χ4n) is 4.20. The molecule has 2 atom stereocenters. The number of carbonyl (C=O) groups is 1. The first-order valence-corrected chi connectivity index (χ1v) is 11.0. The number of nitrogens with zero attached hydrogens (tertiary/aromatic N) is 6. The van der Waals surface area contributed by atoms with Crippen molar-refractivity contribution in [2.45, 2.75) is 32.7 Å². The zero-order valence-electron chi connectivity index (χ0n) is 16.2. The first kappa shape index (κ1) is 19.1. The fraction of sp³-hybridized carbons (Fsp3) is 0.647. The second-order valence-corrected chi connectivity index (χ2v) is 9.72. The molecular formula is C17H24N6O4S. The number of hydrogen-bond acceptors (Lipinski definition) is 7. The Hall–Kier alpha value is -2.27. The molecule has 2 saturated heterocycles. The van der Waals surface area contributed by atoms with Gasteiger partial charge in [0.05, 0.1) is 22.9 Å². The van der Waals surface area contributed by atoms with Crippen LogP contribution in [0.1, 0.15) is 35.9 Å². The maximum absolute atomic E-state index is 13.0. The molecule has 2 aromatic rings. The minimum Gasteiger partial charge on any atom is -0.339 e. The zero-order chi connectivity index (χ0) is 20.1. The van der Waals surface area contributed by atoms with Crippen molar-refractivity contribution in [1.29, 1.82) is 0 Å². The van der Waals surface area contributed by atoms with Gasteiger partial charge in [-0.05, 0) is 20.8 Å². The fourth-order valence-corrected chi connectivity index (χ4v) is 5.40. The number of sulfonamides is 1. The second-order valence-electron chi connectivity index (χ2n) is 7.46. The number of aryl methyl sites for hydroxylation is 2. The molecule has 0 bridgehead atoms. The van der Waals surface area contributed by atoms with Crippen molar-refractivity contribution in [1.82, 2.24) is 29.1 Å². The molecule has 0 unspecified atom stereocenters. The molecule has 2 fully saturated rings. The highest BCUT2D eigenvalue weighted by molar-refractivity contribution is 7.89. The van der Waals surface area contributed by atoms with Gasteiger partial charge in [0.25, 0.3) is 5.91 Å². The average molecular weight is 408 g/mol. The molecular weight excluding hydrogens is 384 g/mol. The maximum atomic E-state index is 13.0. The van der Waals surface area contributed by atoms with Gasteiger partial charge in [-0.25, -0.2) is 12.7 Å². The molecule has 10 nitrogen and oxygen atoms in total. The van der Waals surface area contributed by atoms with Crippen LogP contribution >= 0.6 is 0 Å². The predicted molar refractivity (Wildman–Crippen MR) is 99.0 cm³/mol. The summed E-state index contributed by atoms with van der Waals surface area (Å²) in [6.07, 6.45) is 3.30. The topological polar surface area (TPSA) is 114 Å². The van der Waals surface area contributed by atoms with Gasteiger partial charge < -0.3 is 9.42 Å². The zero-order valence-corrected chi connectivity index (χ0v) is 17.0. The normalized spacial score (nSPS) is 25.4. The Morgan fingerprint density at radius 1 is 1.32 bits per heavy atom. The largest absolute Gasteiger partial charge is 0.339 e. The molecule has 0 N–H and O–H groups in total. The summed E-state index contributed by atoms with van der Waals surface area (Å²) in [6, 6.07) is 0. The second kappa shape index (κ2) is 6.66. The molecule has 152 valence electrons. The van der Waals surface area contributed by atoms with Crippen LogP contribution in [0.25, 0.3) is 0 Å². The first-order valence-electron chi connectivity index (χ1n) is 9.39. The van der Waals surface area contributed by atoms with Crippen LogP contribution in [-0.2, 0) is 22.0 Å². The van der Waals surface area contributed by atoms with E-state index in [2.05, 4.69) is 15.2 Å². The van der Waals surface area contributed by atoms with E-state index in [0.717, 1.165) is 0 Å². The summed E-state index contributed by atoms with van der Waals surface area (Å²) in [7, 11) is -3.34. The minimum atomic E-state index is -3.34. The van der Waals surface area contributed by atoms with Crippen LogP contribution in [0.3, 0.4) is 0 Å². The van der Waals surface area contributed by atoms with Gasteiger partial charge in [0.15, 0.2) is 5.82 Å². The van der Waals surface area contributed by atoms with Crippen molar-refractivity contribution in [3.05, 3.63) is 29.7 Å². The van der Waals surface area contributed by atoms with Crippen LogP contribution < -0.4 is 0 Å². The van der Waals surface area contributed by atoms with E-state index in [4.69, 9.17) is 4.52 Å². The van der Waals surface area contributed by atoms with E-state index in [-0.39, 0.29) is 24.1 Å². The van der Waals surface area contributed by atoms with Crippen LogP contribution in [0.5, 0.6) is 0 Å². The molecule has 0 aromatic carbocycles. The van der Waals surface area contributed by atoms with E-state index in [1.807, 2.05) is 6.92 Å². The van der Waals surface area contributed by atoms with Crippen molar-refractivity contribution in [2.24, 2.45) is 5.92 Å². The standard InChI is InChI=1S/C17H24N6O4S/c1-4-22-7-13(6-18-22)15(24)21-8-14-9-23(28(25,26)5-2)11-17(14,10-21)16-19-12(3)20-27-16/h6-7,14H,4-5,8-11H2,1-3H3/t14-,17-/m0/s1. The lowest BCUT2D eigenvalue weighted by Gasteiger charge is -2.25. The summed E-state index contributed by atoms with van der Waals surface area (Å²) in [5.74, 6) is 0.725. The van der Waals surface area contributed by atoms with E-state index in [9.17, 15) is 13.2 Å². The summed E-state index contributed by atoms with van der Waals surface area (Å²) in [5.41, 5.74) is -0.156. The highest BCUT2D eigenvalue weighted by atomic mass is 32.2. The number of hydrogen-bond donors (Lipinski definition) is 0. The quantitative estimate of drug-likeness (QED) is 0.697. The predicted octanol–water partition coefficient (Wildman–Crippen LogP) is 0.270. The van der Waals surface area contributed by atoms with Crippen molar-refractivity contribution in [3.8, 4) is 0 Å². The molecule has 0 saturated carbocycles. The maximum Gasteiger partial charge on any atom is 0.257 e. The first-order chi connectivity index (χ1) is 13.3. The Labute approximate surface area is 163 Å². The van der Waals surface area contributed by atoms with Gasteiger partial charge in [-0.1, -0.05) is 5.16 Å². The Kier molecular flexibility index (Phi) is 4.53. The van der Waals surface area contributed by atoms with Crippen LogP contribution in [-0.4, -0.2) is 75.4 Å². The van der Waals surface area contributed by atoms with E-state index in [1.165, 1.54) is 4.31 Å². The summed E-state index contributed by atoms with van der Waals surface area (Å²) in [4.78, 5) is 19.1. The third-order valence-electron chi connectivity index (χ3n) is 5.78. The van der Waals surface area contributed by atoms with Gasteiger partial charge in [-0.15, -0.1) is 0 Å².